The standard InChI is InChI=1S/C15H14F2N2/c16-12-6-4-11(13(17)8-12)9-18-15-7-5-10-2-1-3-14(10)19-15/h4-8H,1-3,9H2,(H,18,19). The van der Waals surface area contributed by atoms with E-state index in [1.165, 1.54) is 17.7 Å². The predicted molar refractivity (Wildman–Crippen MR) is 69.9 cm³/mol. The third-order valence-electron chi connectivity index (χ3n) is 3.40. The molecule has 0 aliphatic heterocycles. The zero-order chi connectivity index (χ0) is 13.2. The fraction of sp³-hybridized carbons (Fsp3) is 0.267. The molecule has 1 aromatic heterocycles. The highest BCUT2D eigenvalue weighted by Crippen LogP contribution is 2.22. The van der Waals surface area contributed by atoms with Crippen LogP contribution in [0.2, 0.25) is 0 Å². The van der Waals surface area contributed by atoms with Gasteiger partial charge in [-0.1, -0.05) is 12.1 Å². The molecule has 1 aromatic carbocycles. The lowest BCUT2D eigenvalue weighted by atomic mass is 10.2. The fourth-order valence-corrected chi connectivity index (χ4v) is 2.37. The second-order valence-electron chi connectivity index (χ2n) is 4.75. The van der Waals surface area contributed by atoms with Gasteiger partial charge in [0.1, 0.15) is 17.5 Å². The maximum absolute atomic E-state index is 13.5. The Labute approximate surface area is 110 Å². The summed E-state index contributed by atoms with van der Waals surface area (Å²) in [5, 5.41) is 3.08. The van der Waals surface area contributed by atoms with Crippen molar-refractivity contribution in [2.75, 3.05) is 5.32 Å². The molecular formula is C15H14F2N2. The summed E-state index contributed by atoms with van der Waals surface area (Å²) in [5.74, 6) is -0.352. The van der Waals surface area contributed by atoms with Gasteiger partial charge in [-0.15, -0.1) is 0 Å². The number of hydrogen-bond acceptors (Lipinski definition) is 2. The number of nitrogens with one attached hydrogen (secondary N) is 1. The third kappa shape index (κ3) is 2.57. The minimum Gasteiger partial charge on any atom is -0.366 e. The van der Waals surface area contributed by atoms with Gasteiger partial charge in [-0.25, -0.2) is 13.8 Å². The molecule has 2 aromatic rings. The Morgan fingerprint density at radius 3 is 2.84 bits per heavy atom. The van der Waals surface area contributed by atoms with Gasteiger partial charge in [-0.2, -0.15) is 0 Å². The highest BCUT2D eigenvalue weighted by atomic mass is 19.1. The maximum atomic E-state index is 13.5. The second-order valence-corrected chi connectivity index (χ2v) is 4.75. The number of hydrogen-bond donors (Lipinski definition) is 1. The first-order chi connectivity index (χ1) is 9.22. The highest BCUT2D eigenvalue weighted by Gasteiger charge is 2.12. The lowest BCUT2D eigenvalue weighted by Gasteiger charge is -2.08. The Kier molecular flexibility index (Phi) is 3.15. The van der Waals surface area contributed by atoms with Crippen LogP contribution < -0.4 is 5.32 Å². The lowest BCUT2D eigenvalue weighted by molar-refractivity contribution is 0.574. The van der Waals surface area contributed by atoms with E-state index >= 15 is 0 Å². The number of rotatable bonds is 3. The average molecular weight is 260 g/mol. The van der Waals surface area contributed by atoms with Crippen LogP contribution in [0.1, 0.15) is 23.2 Å². The Hall–Kier alpha value is -1.97. The van der Waals surface area contributed by atoms with Crippen LogP contribution in [0.3, 0.4) is 0 Å². The molecule has 1 aliphatic rings. The molecule has 0 bridgehead atoms. The zero-order valence-electron chi connectivity index (χ0n) is 10.4. The zero-order valence-corrected chi connectivity index (χ0v) is 10.4. The van der Waals surface area contributed by atoms with Crippen molar-refractivity contribution in [3.05, 3.63) is 58.8 Å². The molecule has 3 rings (SSSR count). The van der Waals surface area contributed by atoms with Gasteiger partial charge in [0.05, 0.1) is 0 Å². The van der Waals surface area contributed by atoms with E-state index in [4.69, 9.17) is 0 Å². The van der Waals surface area contributed by atoms with Crippen LogP contribution in [0, 0.1) is 11.6 Å². The Bertz CT molecular complexity index is 611. The van der Waals surface area contributed by atoms with Crippen LogP contribution in [-0.2, 0) is 19.4 Å². The summed E-state index contributed by atoms with van der Waals surface area (Å²) in [7, 11) is 0. The van der Waals surface area contributed by atoms with E-state index in [0.717, 1.165) is 36.8 Å². The quantitative estimate of drug-likeness (QED) is 0.914. The van der Waals surface area contributed by atoms with Crippen molar-refractivity contribution in [3.8, 4) is 0 Å². The number of nitrogens with zero attached hydrogens (tertiary/aromatic N) is 1. The van der Waals surface area contributed by atoms with Crippen LogP contribution in [0.25, 0.3) is 0 Å². The summed E-state index contributed by atoms with van der Waals surface area (Å²) in [6.45, 7) is 0.303. The molecule has 1 heterocycles. The Morgan fingerprint density at radius 2 is 2.00 bits per heavy atom. The molecule has 0 fully saturated rings. The molecule has 0 spiro atoms. The van der Waals surface area contributed by atoms with E-state index in [0.29, 0.717) is 12.1 Å². The topological polar surface area (TPSA) is 24.9 Å². The molecule has 0 unspecified atom stereocenters. The second kappa shape index (κ2) is 4.96. The van der Waals surface area contributed by atoms with Crippen LogP contribution in [0.5, 0.6) is 0 Å². The van der Waals surface area contributed by atoms with Gasteiger partial charge in [-0.3, -0.25) is 0 Å². The molecule has 0 amide bonds. The molecule has 0 atom stereocenters. The van der Waals surface area contributed by atoms with Gasteiger partial charge in [-0.05, 0) is 37.0 Å². The third-order valence-corrected chi connectivity index (χ3v) is 3.40. The normalized spacial score (nSPS) is 13.4. The predicted octanol–water partition coefficient (Wildman–Crippen LogP) is 3.46. The number of aromatic nitrogens is 1. The van der Waals surface area contributed by atoms with Gasteiger partial charge in [0.15, 0.2) is 0 Å². The highest BCUT2D eigenvalue weighted by molar-refractivity contribution is 5.41. The summed E-state index contributed by atoms with van der Waals surface area (Å²) in [4.78, 5) is 4.51. The fourth-order valence-electron chi connectivity index (χ4n) is 2.37. The molecule has 4 heteroatoms. The van der Waals surface area contributed by atoms with Gasteiger partial charge in [0.25, 0.3) is 0 Å². The molecule has 1 N–H and O–H groups in total. The van der Waals surface area contributed by atoms with Crippen molar-refractivity contribution in [3.63, 3.8) is 0 Å². The SMILES string of the molecule is Fc1ccc(CNc2ccc3c(n2)CCC3)c(F)c1. The van der Waals surface area contributed by atoms with Crippen molar-refractivity contribution in [1.29, 1.82) is 0 Å². The van der Waals surface area contributed by atoms with Crippen LogP contribution in [-0.4, -0.2) is 4.98 Å². The minimum absolute atomic E-state index is 0.303. The molecule has 1 aliphatic carbocycles. The number of pyridine rings is 1. The van der Waals surface area contributed by atoms with E-state index in [1.54, 1.807) is 0 Å². The summed E-state index contributed by atoms with van der Waals surface area (Å²) < 4.78 is 26.3. The van der Waals surface area contributed by atoms with Gasteiger partial charge in [0.2, 0.25) is 0 Å². The summed E-state index contributed by atoms with van der Waals surface area (Å²) in [6.07, 6.45) is 3.25. The molecule has 0 radical (unpaired) electrons. The van der Waals surface area contributed by atoms with Crippen molar-refractivity contribution < 1.29 is 8.78 Å². The summed E-state index contributed by atoms with van der Waals surface area (Å²) in [5.41, 5.74) is 2.87. The number of anilines is 1. The van der Waals surface area contributed by atoms with Crippen molar-refractivity contribution in [1.82, 2.24) is 4.98 Å². The Morgan fingerprint density at radius 1 is 1.11 bits per heavy atom. The van der Waals surface area contributed by atoms with Crippen LogP contribution in [0.4, 0.5) is 14.6 Å². The largest absolute Gasteiger partial charge is 0.366 e. The average Bonchev–Trinajstić information content (AvgIpc) is 2.85. The molecule has 0 saturated heterocycles. The minimum atomic E-state index is -0.558. The first kappa shape index (κ1) is 12.1. The smallest absolute Gasteiger partial charge is 0.131 e. The van der Waals surface area contributed by atoms with Gasteiger partial charge >= 0.3 is 0 Å². The van der Waals surface area contributed by atoms with Crippen molar-refractivity contribution in [2.24, 2.45) is 0 Å². The van der Waals surface area contributed by atoms with E-state index in [1.807, 2.05) is 6.07 Å². The van der Waals surface area contributed by atoms with Gasteiger partial charge in [0, 0.05) is 23.9 Å². The lowest BCUT2D eigenvalue weighted by Crippen LogP contribution is -2.04. The van der Waals surface area contributed by atoms with Crippen molar-refractivity contribution >= 4 is 5.82 Å². The first-order valence-corrected chi connectivity index (χ1v) is 6.39. The summed E-state index contributed by atoms with van der Waals surface area (Å²) >= 11 is 0. The monoisotopic (exact) mass is 260 g/mol. The number of fused-ring (bicyclic) bond motifs is 1. The molecule has 98 valence electrons. The summed E-state index contributed by atoms with van der Waals surface area (Å²) in [6, 6.07) is 7.58. The molecule has 19 heavy (non-hydrogen) atoms. The Balaban J connectivity index is 1.72. The number of halogens is 2. The van der Waals surface area contributed by atoms with Gasteiger partial charge < -0.3 is 5.32 Å². The molecule has 2 nitrogen and oxygen atoms in total. The van der Waals surface area contributed by atoms with Crippen LogP contribution in [0.15, 0.2) is 30.3 Å². The van der Waals surface area contributed by atoms with Crippen molar-refractivity contribution in [2.45, 2.75) is 25.8 Å². The molecular weight excluding hydrogens is 246 g/mol. The van der Waals surface area contributed by atoms with E-state index in [9.17, 15) is 8.78 Å². The number of aryl methyl sites for hydroxylation is 2. The van der Waals surface area contributed by atoms with Crippen LogP contribution >= 0.6 is 0 Å². The maximum Gasteiger partial charge on any atom is 0.131 e. The van der Waals surface area contributed by atoms with E-state index in [-0.39, 0.29) is 0 Å². The number of benzene rings is 1. The molecule has 0 saturated carbocycles. The van der Waals surface area contributed by atoms with E-state index in [2.05, 4.69) is 16.4 Å². The van der Waals surface area contributed by atoms with E-state index < -0.39 is 11.6 Å². The first-order valence-electron chi connectivity index (χ1n) is 6.39.